The predicted molar refractivity (Wildman–Crippen MR) is 96.2 cm³/mol. The molecule has 0 fully saturated rings. The standard InChI is InChI=1S/C18H18ClF3N2O3/c19-13-6-7-16(27-11-18(20,21)22)15(9-13)24-17(26)23-14(10-25)8-12-4-2-1-3-5-12/h1-7,9,14,25H,8,10-11H2,(H2,23,24,26). The average Bonchev–Trinajstić information content (AvgIpc) is 2.60. The molecule has 2 aromatic rings. The summed E-state index contributed by atoms with van der Waals surface area (Å²) in [7, 11) is 0. The van der Waals surface area contributed by atoms with E-state index in [1.165, 1.54) is 18.2 Å². The smallest absolute Gasteiger partial charge is 0.422 e. The van der Waals surface area contributed by atoms with Gasteiger partial charge in [0.05, 0.1) is 18.3 Å². The summed E-state index contributed by atoms with van der Waals surface area (Å²) in [6.07, 6.45) is -4.13. The molecule has 3 N–H and O–H groups in total. The first-order valence-corrected chi connectivity index (χ1v) is 8.36. The number of ether oxygens (including phenoxy) is 1. The van der Waals surface area contributed by atoms with E-state index in [2.05, 4.69) is 10.6 Å². The van der Waals surface area contributed by atoms with Crippen LogP contribution in [0.25, 0.3) is 0 Å². The van der Waals surface area contributed by atoms with Crippen LogP contribution in [0.4, 0.5) is 23.7 Å². The van der Waals surface area contributed by atoms with Crippen LogP contribution in [0.15, 0.2) is 48.5 Å². The monoisotopic (exact) mass is 402 g/mol. The second-order valence-corrected chi connectivity index (χ2v) is 6.15. The highest BCUT2D eigenvalue weighted by molar-refractivity contribution is 6.31. The van der Waals surface area contributed by atoms with Crippen molar-refractivity contribution < 1.29 is 27.8 Å². The highest BCUT2D eigenvalue weighted by atomic mass is 35.5. The highest BCUT2D eigenvalue weighted by Crippen LogP contribution is 2.29. The number of urea groups is 1. The number of benzene rings is 2. The number of aliphatic hydroxyl groups is 1. The van der Waals surface area contributed by atoms with Gasteiger partial charge in [0.2, 0.25) is 0 Å². The van der Waals surface area contributed by atoms with E-state index in [-0.39, 0.29) is 23.1 Å². The third kappa shape index (κ3) is 7.36. The average molecular weight is 403 g/mol. The number of rotatable bonds is 7. The first-order valence-electron chi connectivity index (χ1n) is 7.98. The molecular formula is C18H18ClF3N2O3. The van der Waals surface area contributed by atoms with Crippen LogP contribution in [0.2, 0.25) is 5.02 Å². The first kappa shape index (κ1) is 20.9. The summed E-state index contributed by atoms with van der Waals surface area (Å²) >= 11 is 5.84. The summed E-state index contributed by atoms with van der Waals surface area (Å²) in [6, 6.07) is 11.8. The van der Waals surface area contributed by atoms with Crippen LogP contribution in [0, 0.1) is 0 Å². The van der Waals surface area contributed by atoms with Gasteiger partial charge in [0.15, 0.2) is 6.61 Å². The molecule has 0 aromatic heterocycles. The number of hydrogen-bond donors (Lipinski definition) is 3. The SMILES string of the molecule is O=C(Nc1cc(Cl)ccc1OCC(F)(F)F)NC(CO)Cc1ccccc1. The molecule has 1 atom stereocenters. The van der Waals surface area contributed by atoms with E-state index >= 15 is 0 Å². The summed E-state index contributed by atoms with van der Waals surface area (Å²) in [5, 5.41) is 14.6. The Morgan fingerprint density at radius 3 is 2.52 bits per heavy atom. The second kappa shape index (κ2) is 9.48. The predicted octanol–water partition coefficient (Wildman–Crippen LogP) is 4.01. The molecule has 27 heavy (non-hydrogen) atoms. The lowest BCUT2D eigenvalue weighted by molar-refractivity contribution is -0.153. The minimum atomic E-state index is -4.52. The Labute approximate surface area is 159 Å². The lowest BCUT2D eigenvalue weighted by Gasteiger charge is -2.18. The van der Waals surface area contributed by atoms with E-state index in [1.807, 2.05) is 30.3 Å². The maximum absolute atomic E-state index is 12.4. The molecule has 2 rings (SSSR count). The van der Waals surface area contributed by atoms with Gasteiger partial charge in [0.1, 0.15) is 5.75 Å². The Balaban J connectivity index is 2.02. The van der Waals surface area contributed by atoms with Crippen LogP contribution in [-0.2, 0) is 6.42 Å². The Morgan fingerprint density at radius 1 is 1.19 bits per heavy atom. The van der Waals surface area contributed by atoms with Crippen LogP contribution < -0.4 is 15.4 Å². The lowest BCUT2D eigenvalue weighted by atomic mass is 10.1. The van der Waals surface area contributed by atoms with Crippen LogP contribution in [0.3, 0.4) is 0 Å². The first-order chi connectivity index (χ1) is 12.8. The number of amides is 2. The second-order valence-electron chi connectivity index (χ2n) is 5.71. The molecule has 1 unspecified atom stereocenters. The lowest BCUT2D eigenvalue weighted by Crippen LogP contribution is -2.41. The van der Waals surface area contributed by atoms with Gasteiger partial charge in [-0.25, -0.2) is 4.79 Å². The van der Waals surface area contributed by atoms with Crippen molar-refractivity contribution in [3.05, 3.63) is 59.1 Å². The van der Waals surface area contributed by atoms with Crippen molar-refractivity contribution >= 4 is 23.3 Å². The van der Waals surface area contributed by atoms with E-state index < -0.39 is 24.9 Å². The van der Waals surface area contributed by atoms with Crippen molar-refractivity contribution in [3.63, 3.8) is 0 Å². The maximum atomic E-state index is 12.4. The van der Waals surface area contributed by atoms with Gasteiger partial charge in [-0.05, 0) is 30.2 Å². The summed E-state index contributed by atoms with van der Waals surface area (Å²) in [6.45, 7) is -1.81. The molecule has 146 valence electrons. The third-order valence-electron chi connectivity index (χ3n) is 3.46. The van der Waals surface area contributed by atoms with Crippen LogP contribution in [0.5, 0.6) is 5.75 Å². The van der Waals surface area contributed by atoms with Gasteiger partial charge in [-0.15, -0.1) is 0 Å². The number of carbonyl (C=O) groups excluding carboxylic acids is 1. The Hall–Kier alpha value is -2.45. The molecule has 2 aromatic carbocycles. The van der Waals surface area contributed by atoms with Crippen molar-refractivity contribution in [2.24, 2.45) is 0 Å². The van der Waals surface area contributed by atoms with Crippen molar-refractivity contribution in [3.8, 4) is 5.75 Å². The number of carbonyl (C=O) groups is 1. The number of aliphatic hydroxyl groups excluding tert-OH is 1. The molecule has 0 bridgehead atoms. The van der Waals surface area contributed by atoms with Crippen LogP contribution >= 0.6 is 11.6 Å². The Kier molecular flexibility index (Phi) is 7.32. The van der Waals surface area contributed by atoms with Gasteiger partial charge in [-0.3, -0.25) is 0 Å². The van der Waals surface area contributed by atoms with Crippen molar-refractivity contribution in [1.82, 2.24) is 5.32 Å². The van der Waals surface area contributed by atoms with Gasteiger partial charge in [-0.2, -0.15) is 13.2 Å². The minimum absolute atomic E-state index is 0.0133. The Bertz CT molecular complexity index is 757. The maximum Gasteiger partial charge on any atom is 0.422 e. The zero-order valence-corrected chi connectivity index (χ0v) is 14.8. The number of nitrogens with one attached hydrogen (secondary N) is 2. The topological polar surface area (TPSA) is 70.6 Å². The molecule has 0 aliphatic heterocycles. The fourth-order valence-electron chi connectivity index (χ4n) is 2.29. The molecule has 0 heterocycles. The molecule has 0 aliphatic rings. The molecule has 0 radical (unpaired) electrons. The van der Waals surface area contributed by atoms with Gasteiger partial charge >= 0.3 is 12.2 Å². The van der Waals surface area contributed by atoms with Crippen LogP contribution in [0.1, 0.15) is 5.56 Å². The van der Waals surface area contributed by atoms with E-state index in [4.69, 9.17) is 16.3 Å². The molecule has 2 amide bonds. The molecule has 0 spiro atoms. The zero-order chi connectivity index (χ0) is 19.9. The van der Waals surface area contributed by atoms with Crippen molar-refractivity contribution in [2.75, 3.05) is 18.5 Å². The van der Waals surface area contributed by atoms with Gasteiger partial charge in [-0.1, -0.05) is 41.9 Å². The molecule has 5 nitrogen and oxygen atoms in total. The molecule has 0 saturated carbocycles. The number of alkyl halides is 3. The summed E-state index contributed by atoms with van der Waals surface area (Å²) in [4.78, 5) is 12.2. The number of anilines is 1. The quantitative estimate of drug-likeness (QED) is 0.655. The van der Waals surface area contributed by atoms with E-state index in [0.29, 0.717) is 6.42 Å². The fraction of sp³-hybridized carbons (Fsp3) is 0.278. The zero-order valence-electron chi connectivity index (χ0n) is 14.1. The summed E-state index contributed by atoms with van der Waals surface area (Å²) in [5.74, 6) is -0.171. The van der Waals surface area contributed by atoms with E-state index in [0.717, 1.165) is 5.56 Å². The molecular weight excluding hydrogens is 385 g/mol. The minimum Gasteiger partial charge on any atom is -0.482 e. The van der Waals surface area contributed by atoms with Crippen molar-refractivity contribution in [2.45, 2.75) is 18.6 Å². The molecule has 0 aliphatic carbocycles. The third-order valence-corrected chi connectivity index (χ3v) is 3.70. The normalized spacial score (nSPS) is 12.3. The molecule has 0 saturated heterocycles. The summed E-state index contributed by atoms with van der Waals surface area (Å²) < 4.78 is 41.8. The fourth-order valence-corrected chi connectivity index (χ4v) is 2.46. The van der Waals surface area contributed by atoms with Gasteiger partial charge in [0.25, 0.3) is 0 Å². The summed E-state index contributed by atoms with van der Waals surface area (Å²) in [5.41, 5.74) is 0.898. The molecule has 9 heteroatoms. The van der Waals surface area contributed by atoms with Crippen molar-refractivity contribution in [1.29, 1.82) is 0 Å². The van der Waals surface area contributed by atoms with Gasteiger partial charge < -0.3 is 20.5 Å². The number of hydrogen-bond acceptors (Lipinski definition) is 3. The van der Waals surface area contributed by atoms with Gasteiger partial charge in [0, 0.05) is 5.02 Å². The largest absolute Gasteiger partial charge is 0.482 e. The van der Waals surface area contributed by atoms with E-state index in [9.17, 15) is 23.1 Å². The highest BCUT2D eigenvalue weighted by Gasteiger charge is 2.29. The van der Waals surface area contributed by atoms with Crippen LogP contribution in [-0.4, -0.2) is 36.6 Å². The van der Waals surface area contributed by atoms with E-state index in [1.54, 1.807) is 0 Å². The Morgan fingerprint density at radius 2 is 1.89 bits per heavy atom. The number of halogens is 4.